The van der Waals surface area contributed by atoms with Crippen LogP contribution < -0.4 is 9.64 Å². The zero-order valence-electron chi connectivity index (χ0n) is 12.1. The van der Waals surface area contributed by atoms with E-state index in [1.54, 1.807) is 14.0 Å². The molecule has 0 spiro atoms. The highest BCUT2D eigenvalue weighted by Gasteiger charge is 2.20. The molecule has 3 heteroatoms. The van der Waals surface area contributed by atoms with Gasteiger partial charge < -0.3 is 14.7 Å². The summed E-state index contributed by atoms with van der Waals surface area (Å²) in [6, 6.07) is 6.38. The van der Waals surface area contributed by atoms with Gasteiger partial charge in [-0.15, -0.1) is 0 Å². The Morgan fingerprint density at radius 1 is 1.28 bits per heavy atom. The van der Waals surface area contributed by atoms with Crippen LogP contribution in [0.3, 0.4) is 0 Å². The van der Waals surface area contributed by atoms with Crippen molar-refractivity contribution in [2.75, 3.05) is 18.6 Å². The number of hydrogen-bond donors (Lipinski definition) is 1. The van der Waals surface area contributed by atoms with Gasteiger partial charge in [-0.2, -0.15) is 0 Å². The zero-order chi connectivity index (χ0) is 13.7. The molecule has 0 heterocycles. The number of nitrogens with zero attached hydrogens (tertiary/aromatic N) is 1. The molecule has 3 nitrogen and oxygen atoms in total. The molecule has 0 aliphatic heterocycles. The minimum Gasteiger partial charge on any atom is -0.496 e. The maximum absolute atomic E-state index is 10.0. The molecule has 2 atom stereocenters. The van der Waals surface area contributed by atoms with E-state index < -0.39 is 6.10 Å². The van der Waals surface area contributed by atoms with Crippen LogP contribution in [0.4, 0.5) is 5.69 Å². The molecule has 0 amide bonds. The average molecular weight is 251 g/mol. The number of benzene rings is 1. The number of aliphatic hydroxyl groups is 1. The molecule has 18 heavy (non-hydrogen) atoms. The summed E-state index contributed by atoms with van der Waals surface area (Å²) >= 11 is 0. The zero-order valence-corrected chi connectivity index (χ0v) is 12.1. The number of methoxy groups -OCH3 is 1. The number of hydrogen-bond acceptors (Lipinski definition) is 3. The van der Waals surface area contributed by atoms with Crippen LogP contribution in [0.15, 0.2) is 18.2 Å². The van der Waals surface area contributed by atoms with Gasteiger partial charge in [0.2, 0.25) is 0 Å². The van der Waals surface area contributed by atoms with Crippen molar-refractivity contribution >= 4 is 5.69 Å². The molecule has 0 aliphatic rings. The van der Waals surface area contributed by atoms with E-state index in [9.17, 15) is 5.11 Å². The van der Waals surface area contributed by atoms with Gasteiger partial charge in [0.1, 0.15) is 5.75 Å². The predicted octanol–water partition coefficient (Wildman–Crippen LogP) is 3.37. The van der Waals surface area contributed by atoms with Crippen molar-refractivity contribution in [2.45, 2.75) is 46.3 Å². The van der Waals surface area contributed by atoms with E-state index in [1.165, 1.54) is 0 Å². The Hall–Kier alpha value is -1.22. The van der Waals surface area contributed by atoms with E-state index in [0.29, 0.717) is 6.04 Å². The summed E-state index contributed by atoms with van der Waals surface area (Å²) in [4.78, 5) is 2.31. The fraction of sp³-hybridized carbons (Fsp3) is 0.600. The summed E-state index contributed by atoms with van der Waals surface area (Å²) in [5.41, 5.74) is 1.95. The van der Waals surface area contributed by atoms with E-state index in [-0.39, 0.29) is 0 Å². The maximum Gasteiger partial charge on any atom is 0.126 e. The largest absolute Gasteiger partial charge is 0.496 e. The molecule has 102 valence electrons. The Morgan fingerprint density at radius 2 is 1.94 bits per heavy atom. The summed E-state index contributed by atoms with van der Waals surface area (Å²) in [6.07, 6.45) is 0.541. The molecular weight excluding hydrogens is 226 g/mol. The van der Waals surface area contributed by atoms with Gasteiger partial charge in [0.15, 0.2) is 0 Å². The fourth-order valence-corrected chi connectivity index (χ4v) is 2.32. The van der Waals surface area contributed by atoms with Gasteiger partial charge >= 0.3 is 0 Å². The molecule has 1 unspecified atom stereocenters. The molecule has 0 fully saturated rings. The molecule has 1 aromatic rings. The molecule has 1 rings (SSSR count). The lowest BCUT2D eigenvalue weighted by atomic mass is 10.0. The van der Waals surface area contributed by atoms with Gasteiger partial charge in [-0.3, -0.25) is 0 Å². The van der Waals surface area contributed by atoms with E-state index in [0.717, 1.165) is 30.0 Å². The van der Waals surface area contributed by atoms with Crippen molar-refractivity contribution in [3.8, 4) is 5.75 Å². The monoisotopic (exact) mass is 251 g/mol. The standard InChI is InChI=1S/C15H25NO2/c1-6-11(3)16(7-2)13-9-8-10-14(18-5)15(13)12(4)17/h8-12,17H,6-7H2,1-5H3/t11?,12-/m1/s1. The van der Waals surface area contributed by atoms with Crippen LogP contribution in [-0.4, -0.2) is 24.8 Å². The van der Waals surface area contributed by atoms with Crippen LogP contribution in [-0.2, 0) is 0 Å². The summed E-state index contributed by atoms with van der Waals surface area (Å²) < 4.78 is 5.37. The van der Waals surface area contributed by atoms with Crippen molar-refractivity contribution in [3.63, 3.8) is 0 Å². The Morgan fingerprint density at radius 3 is 2.39 bits per heavy atom. The van der Waals surface area contributed by atoms with E-state index >= 15 is 0 Å². The minimum absolute atomic E-state index is 0.444. The lowest BCUT2D eigenvalue weighted by Gasteiger charge is -2.32. The second kappa shape index (κ2) is 6.64. The molecule has 1 N–H and O–H groups in total. The van der Waals surface area contributed by atoms with E-state index in [4.69, 9.17) is 4.74 Å². The van der Waals surface area contributed by atoms with Crippen LogP contribution in [0, 0.1) is 0 Å². The Bertz CT molecular complexity index is 377. The van der Waals surface area contributed by atoms with Crippen molar-refractivity contribution in [3.05, 3.63) is 23.8 Å². The predicted molar refractivity (Wildman–Crippen MR) is 76.4 cm³/mol. The number of ether oxygens (including phenoxy) is 1. The molecule has 1 aromatic carbocycles. The van der Waals surface area contributed by atoms with Crippen molar-refractivity contribution in [1.29, 1.82) is 0 Å². The third-order valence-corrected chi connectivity index (χ3v) is 3.45. The van der Waals surface area contributed by atoms with Gasteiger partial charge in [0.25, 0.3) is 0 Å². The lowest BCUT2D eigenvalue weighted by molar-refractivity contribution is 0.194. The molecule has 0 bridgehead atoms. The minimum atomic E-state index is -0.533. The molecule has 0 saturated heterocycles. The normalized spacial score (nSPS) is 14.1. The summed E-state index contributed by atoms with van der Waals surface area (Å²) in [6.45, 7) is 9.22. The maximum atomic E-state index is 10.0. The summed E-state index contributed by atoms with van der Waals surface area (Å²) in [5.74, 6) is 0.754. The fourth-order valence-electron chi connectivity index (χ4n) is 2.32. The van der Waals surface area contributed by atoms with Crippen molar-refractivity contribution in [1.82, 2.24) is 0 Å². The number of aliphatic hydroxyl groups excluding tert-OH is 1. The Labute approximate surface area is 110 Å². The van der Waals surface area contributed by atoms with Gasteiger partial charge in [0, 0.05) is 23.8 Å². The van der Waals surface area contributed by atoms with Crippen molar-refractivity contribution in [2.24, 2.45) is 0 Å². The van der Waals surface area contributed by atoms with E-state index in [2.05, 4.69) is 31.7 Å². The highest BCUT2D eigenvalue weighted by atomic mass is 16.5. The molecule has 0 radical (unpaired) electrons. The SMILES string of the molecule is CCC(C)N(CC)c1cccc(OC)c1[C@@H](C)O. The highest BCUT2D eigenvalue weighted by Crippen LogP contribution is 2.35. The van der Waals surface area contributed by atoms with Gasteiger partial charge in [-0.25, -0.2) is 0 Å². The first-order chi connectivity index (χ1) is 8.56. The Balaban J connectivity index is 3.29. The molecule has 0 saturated carbocycles. The number of rotatable bonds is 6. The van der Waals surface area contributed by atoms with Gasteiger partial charge in [-0.05, 0) is 39.3 Å². The third kappa shape index (κ3) is 2.96. The summed E-state index contributed by atoms with van der Waals surface area (Å²) in [7, 11) is 1.64. The lowest BCUT2D eigenvalue weighted by Crippen LogP contribution is -2.33. The second-order valence-electron chi connectivity index (χ2n) is 4.61. The first-order valence-corrected chi connectivity index (χ1v) is 6.68. The first-order valence-electron chi connectivity index (χ1n) is 6.68. The van der Waals surface area contributed by atoms with Crippen molar-refractivity contribution < 1.29 is 9.84 Å². The van der Waals surface area contributed by atoms with Crippen LogP contribution in [0.1, 0.15) is 45.8 Å². The quantitative estimate of drug-likeness (QED) is 0.841. The smallest absolute Gasteiger partial charge is 0.126 e. The number of anilines is 1. The Kier molecular flexibility index (Phi) is 5.48. The third-order valence-electron chi connectivity index (χ3n) is 3.45. The van der Waals surface area contributed by atoms with Gasteiger partial charge in [-0.1, -0.05) is 13.0 Å². The topological polar surface area (TPSA) is 32.7 Å². The van der Waals surface area contributed by atoms with Crippen LogP contribution in [0.2, 0.25) is 0 Å². The molecule has 0 aromatic heterocycles. The molecule has 0 aliphatic carbocycles. The highest BCUT2D eigenvalue weighted by molar-refractivity contribution is 5.60. The average Bonchev–Trinajstić information content (AvgIpc) is 2.38. The van der Waals surface area contributed by atoms with Crippen LogP contribution in [0.25, 0.3) is 0 Å². The second-order valence-corrected chi connectivity index (χ2v) is 4.61. The molecular formula is C15H25NO2. The van der Waals surface area contributed by atoms with Crippen LogP contribution >= 0.6 is 0 Å². The van der Waals surface area contributed by atoms with E-state index in [1.807, 2.05) is 12.1 Å². The summed E-state index contributed by atoms with van der Waals surface area (Å²) in [5, 5.41) is 10.0. The van der Waals surface area contributed by atoms with Gasteiger partial charge in [0.05, 0.1) is 13.2 Å². The first kappa shape index (κ1) is 14.8. The van der Waals surface area contributed by atoms with Crippen LogP contribution in [0.5, 0.6) is 5.75 Å².